The molecule has 27 heavy (non-hydrogen) atoms. The molecule has 0 amide bonds. The largest absolute Gasteiger partial charge is 0.341 e. The Hall–Kier alpha value is 1.05. The normalized spacial score (nSPS) is 12.0. The molecule has 0 aliphatic rings. The van der Waals surface area contributed by atoms with Crippen molar-refractivity contribution in [2.24, 2.45) is 5.73 Å². The van der Waals surface area contributed by atoms with Crippen LogP contribution in [0.5, 0.6) is 0 Å². The summed E-state index contributed by atoms with van der Waals surface area (Å²) in [6.45, 7) is 0.863. The Morgan fingerprint density at radius 1 is 0.370 bits per heavy atom. The van der Waals surface area contributed by atoms with Crippen LogP contribution in [0.4, 0.5) is 0 Å². The first kappa shape index (κ1) is 28.0. The van der Waals surface area contributed by atoms with Gasteiger partial charge in [0.05, 0.1) is 0 Å². The molecule has 0 fully saturated rings. The first-order valence-electron chi connectivity index (χ1n) is 11.8. The highest BCUT2D eigenvalue weighted by Crippen LogP contribution is 2.27. The lowest BCUT2D eigenvalue weighted by Crippen LogP contribution is -2.07. The predicted octanol–water partition coefficient (Wildman–Crippen LogP) is 9.40. The van der Waals surface area contributed by atoms with E-state index >= 15 is 0 Å². The average molecular weight is 459 g/mol. The quantitative estimate of drug-likeness (QED) is 0.0975. The van der Waals surface area contributed by atoms with Gasteiger partial charge in [0.15, 0.2) is 0 Å². The highest BCUT2D eigenvalue weighted by Gasteiger charge is 2.23. The van der Waals surface area contributed by atoms with Gasteiger partial charge in [-0.1, -0.05) is 122 Å². The molecule has 0 aromatic carbocycles. The van der Waals surface area contributed by atoms with E-state index in [9.17, 15) is 0 Å². The maximum atomic E-state index is 5.89. The number of nitrogens with two attached hydrogens (primary N) is 1. The Bertz CT molecular complexity index is 285. The van der Waals surface area contributed by atoms with E-state index in [0.29, 0.717) is 0 Å². The molecule has 5 heteroatoms. The van der Waals surface area contributed by atoms with Crippen LogP contribution in [0.15, 0.2) is 0 Å². The number of unbranched alkanes of at least 4 members (excludes halogenated alkanes) is 19. The van der Waals surface area contributed by atoms with E-state index in [1.165, 1.54) is 122 Å². The zero-order chi connectivity index (χ0) is 20.1. The van der Waals surface area contributed by atoms with Crippen LogP contribution in [0.25, 0.3) is 0 Å². The summed E-state index contributed by atoms with van der Waals surface area (Å²) in [5, 5.41) is 0. The molecule has 0 aromatic rings. The zero-order valence-corrected chi connectivity index (χ0v) is 21.0. The molecule has 0 heterocycles. The predicted molar refractivity (Wildman–Crippen MR) is 130 cm³/mol. The van der Waals surface area contributed by atoms with E-state index in [2.05, 4.69) is 0 Å². The van der Waals surface area contributed by atoms with Crippen LogP contribution in [0, 0.1) is 0 Å². The van der Waals surface area contributed by atoms with E-state index < -0.39 is 6.00 Å². The third-order valence-corrected chi connectivity index (χ3v) is 8.04. The summed E-state index contributed by atoms with van der Waals surface area (Å²) in [5.41, 5.74) is 5.51. The van der Waals surface area contributed by atoms with Crippen LogP contribution >= 0.6 is 33.2 Å². The van der Waals surface area contributed by atoms with Crippen LogP contribution in [-0.4, -0.2) is 12.5 Å². The molecule has 0 radical (unpaired) electrons. The van der Waals surface area contributed by atoms with Crippen molar-refractivity contribution in [2.45, 2.75) is 134 Å². The molecule has 1 nitrogen and oxygen atoms in total. The molecule has 0 atom stereocenters. The lowest BCUT2D eigenvalue weighted by molar-refractivity contribution is 0.522. The van der Waals surface area contributed by atoms with Crippen molar-refractivity contribution >= 4 is 39.2 Å². The van der Waals surface area contributed by atoms with Gasteiger partial charge >= 0.3 is 6.00 Å². The summed E-state index contributed by atoms with van der Waals surface area (Å²) in [7, 11) is 0. The van der Waals surface area contributed by atoms with Crippen LogP contribution in [0.3, 0.4) is 0 Å². The number of hydrogen-bond donors (Lipinski definition) is 1. The lowest BCUT2D eigenvalue weighted by Gasteiger charge is -2.07. The molecule has 0 spiro atoms. The molecule has 0 aromatic heterocycles. The summed E-state index contributed by atoms with van der Waals surface area (Å²) < 4.78 is 0. The van der Waals surface area contributed by atoms with E-state index in [1.807, 2.05) is 0 Å². The Morgan fingerprint density at radius 3 is 0.815 bits per heavy atom. The highest BCUT2D eigenvalue weighted by molar-refractivity contribution is 7.64. The third-order valence-electron chi connectivity index (χ3n) is 5.41. The average Bonchev–Trinajstić information content (AvgIpc) is 2.62. The molecule has 0 rings (SSSR count). The molecule has 0 saturated carbocycles. The molecule has 2 N–H and O–H groups in total. The fourth-order valence-corrected chi connectivity index (χ4v) is 5.51. The molecular formula is C22H46Cl3NSi. The van der Waals surface area contributed by atoms with E-state index in [1.54, 1.807) is 0 Å². The second-order valence-electron chi connectivity index (χ2n) is 8.22. The zero-order valence-electron chi connectivity index (χ0n) is 17.8. The first-order valence-corrected chi connectivity index (χ1v) is 17.1. The Balaban J connectivity index is 3.01. The van der Waals surface area contributed by atoms with Gasteiger partial charge in [-0.25, -0.2) is 0 Å². The molecule has 0 aliphatic heterocycles. The Kier molecular flexibility index (Phi) is 22.6. The summed E-state index contributed by atoms with van der Waals surface area (Å²) >= 11 is 17.7. The SMILES string of the molecule is NCCCCCCCCCCCCCCCCCCCCCC[Si](Cl)(Cl)Cl. The maximum absolute atomic E-state index is 5.89. The van der Waals surface area contributed by atoms with Crippen molar-refractivity contribution in [3.05, 3.63) is 0 Å². The monoisotopic (exact) mass is 457 g/mol. The van der Waals surface area contributed by atoms with E-state index in [0.717, 1.165) is 19.0 Å². The van der Waals surface area contributed by atoms with Gasteiger partial charge in [0.1, 0.15) is 0 Å². The smallest absolute Gasteiger partial charge is 0.330 e. The Morgan fingerprint density at radius 2 is 0.593 bits per heavy atom. The molecule has 0 saturated heterocycles. The van der Waals surface area contributed by atoms with Crippen molar-refractivity contribution in [3.63, 3.8) is 0 Å². The van der Waals surface area contributed by atoms with Gasteiger partial charge in [0, 0.05) is 0 Å². The lowest BCUT2D eigenvalue weighted by atomic mass is 10.0. The van der Waals surface area contributed by atoms with E-state index in [4.69, 9.17) is 39.0 Å². The minimum atomic E-state index is -2.36. The number of hydrogen-bond acceptors (Lipinski definition) is 1. The van der Waals surface area contributed by atoms with Gasteiger partial charge in [-0.15, -0.1) is 33.2 Å². The maximum Gasteiger partial charge on any atom is 0.341 e. The molecule has 0 aliphatic carbocycles. The van der Waals surface area contributed by atoms with Crippen molar-refractivity contribution < 1.29 is 0 Å². The Labute approximate surface area is 185 Å². The number of halogens is 3. The molecule has 0 bridgehead atoms. The fraction of sp³-hybridized carbons (Fsp3) is 1.00. The van der Waals surface area contributed by atoms with Gasteiger partial charge < -0.3 is 5.73 Å². The molecule has 0 unspecified atom stereocenters. The molecule has 164 valence electrons. The topological polar surface area (TPSA) is 26.0 Å². The minimum Gasteiger partial charge on any atom is -0.330 e. The standard InChI is InChI=1S/C22H46Cl3NSi/c23-27(24,25)22-20-18-16-14-12-10-8-6-4-2-1-3-5-7-9-11-13-15-17-19-21-26/h1-22,26H2. The van der Waals surface area contributed by atoms with Crippen molar-refractivity contribution in [3.8, 4) is 0 Å². The van der Waals surface area contributed by atoms with Gasteiger partial charge in [-0.2, -0.15) is 0 Å². The van der Waals surface area contributed by atoms with E-state index in [-0.39, 0.29) is 0 Å². The third kappa shape index (κ3) is 27.0. The van der Waals surface area contributed by atoms with Crippen LogP contribution in [0.2, 0.25) is 6.04 Å². The van der Waals surface area contributed by atoms with Gasteiger partial charge in [-0.3, -0.25) is 0 Å². The van der Waals surface area contributed by atoms with Gasteiger partial charge in [0.2, 0.25) is 0 Å². The van der Waals surface area contributed by atoms with Crippen molar-refractivity contribution in [1.29, 1.82) is 0 Å². The van der Waals surface area contributed by atoms with Crippen LogP contribution < -0.4 is 5.73 Å². The summed E-state index contributed by atoms with van der Waals surface area (Å²) in [6, 6.07) is -1.53. The van der Waals surface area contributed by atoms with Crippen molar-refractivity contribution in [2.75, 3.05) is 6.54 Å². The summed E-state index contributed by atoms with van der Waals surface area (Å²) in [6.07, 6.45) is 27.5. The summed E-state index contributed by atoms with van der Waals surface area (Å²) in [4.78, 5) is 0. The van der Waals surface area contributed by atoms with Gasteiger partial charge in [-0.05, 0) is 19.0 Å². The van der Waals surface area contributed by atoms with Crippen LogP contribution in [-0.2, 0) is 0 Å². The first-order chi connectivity index (χ1) is 13.1. The fourth-order valence-electron chi connectivity index (χ4n) is 3.65. The van der Waals surface area contributed by atoms with Gasteiger partial charge in [0.25, 0.3) is 0 Å². The molecular weight excluding hydrogens is 413 g/mol. The highest BCUT2D eigenvalue weighted by atomic mass is 35.8. The summed E-state index contributed by atoms with van der Waals surface area (Å²) in [5.74, 6) is 0. The van der Waals surface area contributed by atoms with Crippen molar-refractivity contribution in [1.82, 2.24) is 0 Å². The second-order valence-corrected chi connectivity index (χ2v) is 17.5. The second kappa shape index (κ2) is 21.7. The number of rotatable bonds is 22. The van der Waals surface area contributed by atoms with Crippen LogP contribution in [0.1, 0.15) is 128 Å². The minimum absolute atomic E-state index is 0.826.